The van der Waals surface area contributed by atoms with Gasteiger partial charge in [0, 0.05) is 5.56 Å². The molecular formula is C19H26ClN3OS. The third-order valence-electron chi connectivity index (χ3n) is 4.82. The van der Waals surface area contributed by atoms with E-state index in [1.807, 2.05) is 13.8 Å². The second-order valence-electron chi connectivity index (χ2n) is 6.89. The summed E-state index contributed by atoms with van der Waals surface area (Å²) in [5, 5.41) is 4.09. The van der Waals surface area contributed by atoms with Gasteiger partial charge in [0.15, 0.2) is 0 Å². The predicted octanol–water partition coefficient (Wildman–Crippen LogP) is 4.30. The Morgan fingerprint density at radius 2 is 1.84 bits per heavy atom. The van der Waals surface area contributed by atoms with Crippen molar-refractivity contribution in [2.45, 2.75) is 58.0 Å². The lowest BCUT2D eigenvalue weighted by molar-refractivity contribution is -0.126. The van der Waals surface area contributed by atoms with E-state index in [1.54, 1.807) is 11.3 Å². The summed E-state index contributed by atoms with van der Waals surface area (Å²) in [4.78, 5) is 18.3. The molecule has 1 aromatic carbocycles. The van der Waals surface area contributed by atoms with Gasteiger partial charge in [0.05, 0.1) is 22.2 Å². The topological polar surface area (TPSA) is 68.0 Å². The van der Waals surface area contributed by atoms with Crippen LogP contribution in [0.25, 0.3) is 10.6 Å². The molecule has 136 valence electrons. The molecule has 1 amide bonds. The molecule has 1 aromatic heterocycles. The Morgan fingerprint density at radius 3 is 2.44 bits per heavy atom. The van der Waals surface area contributed by atoms with Gasteiger partial charge in [-0.25, -0.2) is 4.98 Å². The summed E-state index contributed by atoms with van der Waals surface area (Å²) < 4.78 is 0. The van der Waals surface area contributed by atoms with Gasteiger partial charge >= 0.3 is 0 Å². The highest BCUT2D eigenvalue weighted by molar-refractivity contribution is 7.15. The summed E-state index contributed by atoms with van der Waals surface area (Å²) in [6.45, 7) is 6.08. The van der Waals surface area contributed by atoms with Crippen molar-refractivity contribution in [3.05, 3.63) is 40.4 Å². The van der Waals surface area contributed by atoms with Crippen LogP contribution < -0.4 is 11.1 Å². The molecule has 0 bridgehead atoms. The fraction of sp³-hybridized carbons (Fsp3) is 0.474. The van der Waals surface area contributed by atoms with Crippen LogP contribution in [0.15, 0.2) is 24.3 Å². The summed E-state index contributed by atoms with van der Waals surface area (Å²) in [5.41, 5.74) is 8.89. The number of nitrogens with one attached hydrogen (secondary N) is 1. The highest BCUT2D eigenvalue weighted by Gasteiger charge is 2.37. The smallest absolute Gasteiger partial charge is 0.240 e. The number of carbonyl (C=O) groups excluding carboxylic acids is 1. The van der Waals surface area contributed by atoms with Gasteiger partial charge in [0.25, 0.3) is 0 Å². The van der Waals surface area contributed by atoms with Gasteiger partial charge in [0.1, 0.15) is 5.01 Å². The quantitative estimate of drug-likeness (QED) is 0.832. The number of hydrogen-bond acceptors (Lipinski definition) is 4. The third kappa shape index (κ3) is 4.22. The van der Waals surface area contributed by atoms with Crippen LogP contribution in [-0.2, 0) is 4.79 Å². The molecule has 6 heteroatoms. The lowest BCUT2D eigenvalue weighted by Crippen LogP contribution is -2.52. The van der Waals surface area contributed by atoms with Gasteiger partial charge in [-0.15, -0.1) is 23.7 Å². The summed E-state index contributed by atoms with van der Waals surface area (Å²) in [6.07, 6.45) is 3.63. The first-order valence-corrected chi connectivity index (χ1v) is 9.35. The van der Waals surface area contributed by atoms with E-state index >= 15 is 0 Å². The number of nitrogens with zero attached hydrogens (tertiary/aromatic N) is 1. The van der Waals surface area contributed by atoms with Crippen LogP contribution in [0, 0.1) is 13.8 Å². The summed E-state index contributed by atoms with van der Waals surface area (Å²) in [5.74, 6) is -0.0304. The molecule has 1 atom stereocenters. The highest BCUT2D eigenvalue weighted by Crippen LogP contribution is 2.33. The Balaban J connectivity index is 0.00000225. The molecule has 1 heterocycles. The minimum Gasteiger partial charge on any atom is -0.347 e. The maximum atomic E-state index is 12.5. The maximum Gasteiger partial charge on any atom is 0.240 e. The molecule has 25 heavy (non-hydrogen) atoms. The fourth-order valence-corrected chi connectivity index (χ4v) is 4.34. The highest BCUT2D eigenvalue weighted by atomic mass is 35.5. The molecule has 1 fully saturated rings. The maximum absolute atomic E-state index is 12.5. The van der Waals surface area contributed by atoms with Crippen molar-refractivity contribution in [1.29, 1.82) is 0 Å². The molecule has 0 radical (unpaired) electrons. The SMILES string of the molecule is Cc1ccc(-c2nc(C)c(C(C)NC(=O)C3(N)CCCC3)s2)cc1.Cl. The molecule has 2 aromatic rings. The number of benzene rings is 1. The third-order valence-corrected chi connectivity index (χ3v) is 6.21. The summed E-state index contributed by atoms with van der Waals surface area (Å²) in [6, 6.07) is 8.29. The van der Waals surface area contributed by atoms with Crippen LogP contribution in [-0.4, -0.2) is 16.4 Å². The molecule has 0 spiro atoms. The molecule has 1 saturated carbocycles. The molecule has 3 N–H and O–H groups in total. The van der Waals surface area contributed by atoms with Crippen LogP contribution in [0.2, 0.25) is 0 Å². The number of hydrogen-bond donors (Lipinski definition) is 2. The normalized spacial score (nSPS) is 17.0. The largest absolute Gasteiger partial charge is 0.347 e. The zero-order valence-corrected chi connectivity index (χ0v) is 16.6. The van der Waals surface area contributed by atoms with Crippen molar-refractivity contribution in [3.63, 3.8) is 0 Å². The van der Waals surface area contributed by atoms with E-state index in [0.717, 1.165) is 46.8 Å². The van der Waals surface area contributed by atoms with E-state index in [4.69, 9.17) is 5.73 Å². The summed E-state index contributed by atoms with van der Waals surface area (Å²) in [7, 11) is 0. The lowest BCUT2D eigenvalue weighted by atomic mass is 9.97. The Labute approximate surface area is 159 Å². The average molecular weight is 380 g/mol. The lowest BCUT2D eigenvalue weighted by Gasteiger charge is -2.24. The molecule has 1 aliphatic carbocycles. The number of aromatic nitrogens is 1. The Morgan fingerprint density at radius 1 is 1.24 bits per heavy atom. The van der Waals surface area contributed by atoms with Gasteiger partial charge in [-0.05, 0) is 33.6 Å². The van der Waals surface area contributed by atoms with Gasteiger partial charge in [-0.3, -0.25) is 4.79 Å². The molecular weight excluding hydrogens is 354 g/mol. The number of amides is 1. The number of halogens is 1. The summed E-state index contributed by atoms with van der Waals surface area (Å²) >= 11 is 1.64. The predicted molar refractivity (Wildman–Crippen MR) is 106 cm³/mol. The molecule has 3 rings (SSSR count). The van der Waals surface area contributed by atoms with Crippen molar-refractivity contribution in [2.24, 2.45) is 5.73 Å². The monoisotopic (exact) mass is 379 g/mol. The fourth-order valence-electron chi connectivity index (χ4n) is 3.27. The minimum atomic E-state index is -0.688. The van der Waals surface area contributed by atoms with E-state index in [0.29, 0.717) is 0 Å². The zero-order chi connectivity index (χ0) is 17.3. The first-order valence-electron chi connectivity index (χ1n) is 8.53. The average Bonchev–Trinajstić information content (AvgIpc) is 3.15. The van der Waals surface area contributed by atoms with Crippen LogP contribution in [0.3, 0.4) is 0 Å². The minimum absolute atomic E-state index is 0. The number of carbonyl (C=O) groups is 1. The second-order valence-corrected chi connectivity index (χ2v) is 7.92. The molecule has 1 aliphatic rings. The van der Waals surface area contributed by atoms with Crippen LogP contribution in [0.4, 0.5) is 0 Å². The van der Waals surface area contributed by atoms with Crippen molar-refractivity contribution in [3.8, 4) is 10.6 Å². The number of rotatable bonds is 4. The van der Waals surface area contributed by atoms with Crippen molar-refractivity contribution in [2.75, 3.05) is 0 Å². The molecule has 1 unspecified atom stereocenters. The van der Waals surface area contributed by atoms with Gasteiger partial charge in [0.2, 0.25) is 5.91 Å². The van der Waals surface area contributed by atoms with Crippen molar-refractivity contribution in [1.82, 2.24) is 10.3 Å². The number of thiazole rings is 1. The van der Waals surface area contributed by atoms with Crippen molar-refractivity contribution >= 4 is 29.7 Å². The van der Waals surface area contributed by atoms with Crippen molar-refractivity contribution < 1.29 is 4.79 Å². The number of nitrogens with two attached hydrogens (primary N) is 1. The molecule has 0 aliphatic heterocycles. The number of aryl methyl sites for hydroxylation is 2. The van der Waals surface area contributed by atoms with Gasteiger partial charge in [-0.2, -0.15) is 0 Å². The Bertz CT molecular complexity index is 736. The standard InChI is InChI=1S/C19H25N3OS.ClH/c1-12-6-8-15(9-7-12)17-21-13(2)16(24-17)14(3)22-18(23)19(20)10-4-5-11-19;/h6-9,14H,4-5,10-11,20H2,1-3H3,(H,22,23);1H. The van der Waals surface area contributed by atoms with E-state index in [9.17, 15) is 4.79 Å². The van der Waals surface area contributed by atoms with Crippen LogP contribution in [0.1, 0.15) is 54.8 Å². The van der Waals surface area contributed by atoms with Gasteiger partial charge in [-0.1, -0.05) is 42.7 Å². The zero-order valence-electron chi connectivity index (χ0n) is 15.0. The van der Waals surface area contributed by atoms with E-state index in [2.05, 4.69) is 41.5 Å². The van der Waals surface area contributed by atoms with E-state index in [1.165, 1.54) is 5.56 Å². The van der Waals surface area contributed by atoms with E-state index in [-0.39, 0.29) is 24.4 Å². The Kier molecular flexibility index (Phi) is 6.25. The first kappa shape index (κ1) is 19.9. The molecule has 4 nitrogen and oxygen atoms in total. The van der Waals surface area contributed by atoms with Gasteiger partial charge < -0.3 is 11.1 Å². The van der Waals surface area contributed by atoms with Crippen LogP contribution >= 0.6 is 23.7 Å². The molecule has 0 saturated heterocycles. The van der Waals surface area contributed by atoms with Crippen LogP contribution in [0.5, 0.6) is 0 Å². The first-order chi connectivity index (χ1) is 11.4. The van der Waals surface area contributed by atoms with E-state index < -0.39 is 5.54 Å². The second kappa shape index (κ2) is 7.85. The Hall–Kier alpha value is -1.43.